The molecule has 2 aliphatic rings. The van der Waals surface area contributed by atoms with Gasteiger partial charge in [-0.2, -0.15) is 5.10 Å². The van der Waals surface area contributed by atoms with Gasteiger partial charge in [-0.1, -0.05) is 6.07 Å². The van der Waals surface area contributed by atoms with E-state index < -0.39 is 0 Å². The third-order valence-electron chi connectivity index (χ3n) is 7.07. The molecular weight excluding hydrogens is 430 g/mol. The number of nitrogens with zero attached hydrogens (tertiary/aromatic N) is 6. The molecule has 0 radical (unpaired) electrons. The summed E-state index contributed by atoms with van der Waals surface area (Å²) in [5.74, 6) is 0.684. The summed E-state index contributed by atoms with van der Waals surface area (Å²) in [5, 5.41) is 14.8. The SMILES string of the molecule is Cc1ccc(O)c(C)c1-n1c(N)c(C(=O)N2CCn3nccc3C2)c2nc(C3CC3)c(C)nc21. The van der Waals surface area contributed by atoms with Crippen LogP contribution in [0.4, 0.5) is 5.82 Å². The van der Waals surface area contributed by atoms with Crippen molar-refractivity contribution >= 4 is 22.9 Å². The molecule has 174 valence electrons. The zero-order valence-electron chi connectivity index (χ0n) is 19.5. The van der Waals surface area contributed by atoms with Crippen molar-refractivity contribution in [3.63, 3.8) is 0 Å². The molecule has 3 N–H and O–H groups in total. The molecule has 9 heteroatoms. The summed E-state index contributed by atoms with van der Waals surface area (Å²) in [6, 6.07) is 5.44. The van der Waals surface area contributed by atoms with Gasteiger partial charge in [0.15, 0.2) is 5.65 Å². The molecule has 0 bridgehead atoms. The van der Waals surface area contributed by atoms with E-state index in [1.807, 2.05) is 37.6 Å². The van der Waals surface area contributed by atoms with Gasteiger partial charge < -0.3 is 15.7 Å². The van der Waals surface area contributed by atoms with Crippen LogP contribution < -0.4 is 5.73 Å². The van der Waals surface area contributed by atoms with E-state index in [0.717, 1.165) is 41.2 Å². The van der Waals surface area contributed by atoms with Crippen molar-refractivity contribution in [3.8, 4) is 11.4 Å². The Labute approximate surface area is 196 Å². The minimum Gasteiger partial charge on any atom is -0.508 e. The molecule has 0 unspecified atom stereocenters. The number of hydrogen-bond donors (Lipinski definition) is 2. The molecule has 1 fully saturated rings. The summed E-state index contributed by atoms with van der Waals surface area (Å²) >= 11 is 0. The molecule has 1 aromatic carbocycles. The molecule has 4 aromatic rings. The van der Waals surface area contributed by atoms with Gasteiger partial charge in [-0.05, 0) is 51.3 Å². The molecule has 1 aliphatic heterocycles. The number of carbonyl (C=O) groups excluding carboxylic acids is 1. The van der Waals surface area contributed by atoms with E-state index in [0.29, 0.717) is 53.7 Å². The number of aryl methyl sites for hydroxylation is 2. The van der Waals surface area contributed by atoms with Crippen LogP contribution in [0.5, 0.6) is 5.75 Å². The van der Waals surface area contributed by atoms with Gasteiger partial charge in [0.1, 0.15) is 22.6 Å². The van der Waals surface area contributed by atoms with Crippen LogP contribution in [0, 0.1) is 20.8 Å². The van der Waals surface area contributed by atoms with E-state index in [-0.39, 0.29) is 11.7 Å². The Morgan fingerprint density at radius 1 is 1.12 bits per heavy atom. The fraction of sp³-hybridized carbons (Fsp3) is 0.360. The Morgan fingerprint density at radius 2 is 1.91 bits per heavy atom. The molecule has 0 saturated heterocycles. The van der Waals surface area contributed by atoms with Crippen LogP contribution in [0.15, 0.2) is 24.4 Å². The Balaban J connectivity index is 1.59. The highest BCUT2D eigenvalue weighted by atomic mass is 16.3. The number of nitrogens with two attached hydrogens (primary N) is 1. The largest absolute Gasteiger partial charge is 0.508 e. The summed E-state index contributed by atoms with van der Waals surface area (Å²) in [4.78, 5) is 25.6. The topological polar surface area (TPSA) is 115 Å². The number of aromatic nitrogens is 5. The van der Waals surface area contributed by atoms with Crippen LogP contribution in [0.3, 0.4) is 0 Å². The fourth-order valence-electron chi connectivity index (χ4n) is 5.06. The van der Waals surface area contributed by atoms with Gasteiger partial charge >= 0.3 is 0 Å². The fourth-order valence-corrected chi connectivity index (χ4v) is 5.06. The third kappa shape index (κ3) is 2.99. The Kier molecular flexibility index (Phi) is 4.45. The number of amides is 1. The van der Waals surface area contributed by atoms with Crippen molar-refractivity contribution in [2.24, 2.45) is 0 Å². The second kappa shape index (κ2) is 7.31. The van der Waals surface area contributed by atoms with E-state index >= 15 is 0 Å². The highest BCUT2D eigenvalue weighted by Gasteiger charge is 2.34. The predicted octanol–water partition coefficient (Wildman–Crippen LogP) is 3.36. The van der Waals surface area contributed by atoms with Gasteiger partial charge in [0.05, 0.1) is 35.9 Å². The highest BCUT2D eigenvalue weighted by molar-refractivity contribution is 6.10. The van der Waals surface area contributed by atoms with Crippen molar-refractivity contribution in [3.05, 3.63) is 58.2 Å². The average molecular weight is 458 g/mol. The maximum absolute atomic E-state index is 13.9. The number of nitrogen functional groups attached to an aromatic ring is 1. The number of phenolic OH excluding ortho intramolecular Hbond substituents is 1. The minimum atomic E-state index is -0.163. The molecule has 0 atom stereocenters. The van der Waals surface area contributed by atoms with Crippen LogP contribution in [0.25, 0.3) is 16.9 Å². The quantitative estimate of drug-likeness (QED) is 0.487. The molecule has 1 amide bonds. The van der Waals surface area contributed by atoms with Gasteiger partial charge in [-0.3, -0.25) is 14.0 Å². The summed E-state index contributed by atoms with van der Waals surface area (Å²) in [7, 11) is 0. The normalized spacial score (nSPS) is 15.7. The van der Waals surface area contributed by atoms with E-state index in [1.54, 1.807) is 21.7 Å². The number of anilines is 1. The van der Waals surface area contributed by atoms with Crippen LogP contribution in [-0.2, 0) is 13.1 Å². The maximum Gasteiger partial charge on any atom is 0.260 e. The molecule has 3 aromatic heterocycles. The molecule has 34 heavy (non-hydrogen) atoms. The lowest BCUT2D eigenvalue weighted by Crippen LogP contribution is -2.38. The van der Waals surface area contributed by atoms with Crippen LogP contribution >= 0.6 is 0 Å². The second-order valence-corrected chi connectivity index (χ2v) is 9.38. The molecular formula is C25H27N7O2. The molecule has 1 saturated carbocycles. The standard InChI is InChI=1S/C25H27N7O2/c1-13-4-7-18(33)14(2)22(13)32-23(26)19(21-24(32)28-15(3)20(29-21)16-5-6-16)25(34)30-10-11-31-17(12-30)8-9-27-31/h4,7-9,16,33H,5-6,10-12,26H2,1-3H3. The first-order valence-electron chi connectivity index (χ1n) is 11.6. The summed E-state index contributed by atoms with van der Waals surface area (Å²) in [5.41, 5.74) is 13.3. The number of rotatable bonds is 3. The third-order valence-corrected chi connectivity index (χ3v) is 7.07. The van der Waals surface area contributed by atoms with Crippen molar-refractivity contribution in [2.75, 3.05) is 12.3 Å². The van der Waals surface area contributed by atoms with Crippen LogP contribution in [0.1, 0.15) is 57.3 Å². The second-order valence-electron chi connectivity index (χ2n) is 9.38. The number of carbonyl (C=O) groups is 1. The monoisotopic (exact) mass is 457 g/mol. The van der Waals surface area contributed by atoms with Gasteiger partial charge in [0.25, 0.3) is 5.91 Å². The van der Waals surface area contributed by atoms with Crippen molar-refractivity contribution in [1.29, 1.82) is 0 Å². The van der Waals surface area contributed by atoms with Crippen LogP contribution in [0.2, 0.25) is 0 Å². The van der Waals surface area contributed by atoms with E-state index in [9.17, 15) is 9.90 Å². The lowest BCUT2D eigenvalue weighted by Gasteiger charge is -2.27. The first-order valence-corrected chi connectivity index (χ1v) is 11.6. The smallest absolute Gasteiger partial charge is 0.260 e. The lowest BCUT2D eigenvalue weighted by atomic mass is 10.1. The molecule has 6 rings (SSSR count). The highest BCUT2D eigenvalue weighted by Crippen LogP contribution is 2.42. The molecule has 1 aliphatic carbocycles. The van der Waals surface area contributed by atoms with Gasteiger partial charge in [0, 0.05) is 24.2 Å². The first kappa shape index (κ1) is 20.7. The maximum atomic E-state index is 13.9. The number of phenols is 1. The molecule has 0 spiro atoms. The van der Waals surface area contributed by atoms with E-state index in [1.165, 1.54) is 0 Å². The van der Waals surface area contributed by atoms with E-state index in [4.69, 9.17) is 15.7 Å². The zero-order chi connectivity index (χ0) is 23.7. The van der Waals surface area contributed by atoms with Crippen molar-refractivity contribution in [2.45, 2.75) is 52.6 Å². The Hall–Kier alpha value is -3.88. The van der Waals surface area contributed by atoms with Gasteiger partial charge in [-0.25, -0.2) is 9.97 Å². The summed E-state index contributed by atoms with van der Waals surface area (Å²) in [6.07, 6.45) is 3.93. The minimum absolute atomic E-state index is 0.163. The van der Waals surface area contributed by atoms with Gasteiger partial charge in [-0.15, -0.1) is 0 Å². The Bertz CT molecular complexity index is 1480. The number of hydrogen-bond acceptors (Lipinski definition) is 6. The van der Waals surface area contributed by atoms with Crippen molar-refractivity contribution in [1.82, 2.24) is 29.2 Å². The zero-order valence-corrected chi connectivity index (χ0v) is 19.5. The first-order chi connectivity index (χ1) is 16.3. The lowest BCUT2D eigenvalue weighted by molar-refractivity contribution is 0.0709. The van der Waals surface area contributed by atoms with Crippen molar-refractivity contribution < 1.29 is 9.90 Å². The van der Waals surface area contributed by atoms with E-state index in [2.05, 4.69) is 5.10 Å². The Morgan fingerprint density at radius 3 is 2.68 bits per heavy atom. The summed E-state index contributed by atoms with van der Waals surface area (Å²) in [6.45, 7) is 7.40. The number of fused-ring (bicyclic) bond motifs is 2. The summed E-state index contributed by atoms with van der Waals surface area (Å²) < 4.78 is 3.71. The number of aromatic hydroxyl groups is 1. The molecule has 9 nitrogen and oxygen atoms in total. The van der Waals surface area contributed by atoms with Gasteiger partial charge in [0.2, 0.25) is 0 Å². The predicted molar refractivity (Wildman–Crippen MR) is 128 cm³/mol. The average Bonchev–Trinajstić information content (AvgIpc) is 3.49. The number of benzene rings is 1. The van der Waals surface area contributed by atoms with Crippen LogP contribution in [-0.4, -0.2) is 46.8 Å². The molecule has 4 heterocycles.